The van der Waals surface area contributed by atoms with E-state index in [0.29, 0.717) is 18.7 Å². The molecule has 104 valence electrons. The van der Waals surface area contributed by atoms with Gasteiger partial charge in [-0.15, -0.1) is 0 Å². The van der Waals surface area contributed by atoms with Crippen molar-refractivity contribution in [2.24, 2.45) is 0 Å². The molecule has 0 radical (unpaired) electrons. The fourth-order valence-corrected chi connectivity index (χ4v) is 2.73. The maximum atomic E-state index is 12.5. The lowest BCUT2D eigenvalue weighted by atomic mass is 10.1. The summed E-state index contributed by atoms with van der Waals surface area (Å²) in [6.07, 6.45) is -0.352. The molecule has 1 heterocycles. The van der Waals surface area contributed by atoms with Crippen LogP contribution in [0.15, 0.2) is 22.7 Å². The Bertz CT molecular complexity index is 478. The molecule has 1 aliphatic rings. The fraction of sp³-hybridized carbons (Fsp3) is 0.500. The highest BCUT2D eigenvalue weighted by Crippen LogP contribution is 2.24. The normalized spacial score (nSPS) is 23.5. The van der Waals surface area contributed by atoms with Gasteiger partial charge in [0.1, 0.15) is 0 Å². The van der Waals surface area contributed by atoms with Crippen LogP contribution in [0.2, 0.25) is 0 Å². The number of carbonyl (C=O) groups excluding carboxylic acids is 1. The number of hydrogen-bond acceptors (Lipinski definition) is 3. The van der Waals surface area contributed by atoms with E-state index >= 15 is 0 Å². The Balaban J connectivity index is 2.21. The molecule has 19 heavy (non-hydrogen) atoms. The molecule has 1 amide bonds. The van der Waals surface area contributed by atoms with Gasteiger partial charge in [-0.2, -0.15) is 0 Å². The first-order chi connectivity index (χ1) is 9.02. The number of aliphatic hydroxyl groups is 1. The van der Waals surface area contributed by atoms with Gasteiger partial charge in [0.15, 0.2) is 0 Å². The lowest BCUT2D eigenvalue weighted by Gasteiger charge is -2.36. The second-order valence-electron chi connectivity index (χ2n) is 4.90. The van der Waals surface area contributed by atoms with Gasteiger partial charge in [-0.1, -0.05) is 12.1 Å². The fourth-order valence-electron chi connectivity index (χ4n) is 2.29. The smallest absolute Gasteiger partial charge is 0.255 e. The van der Waals surface area contributed by atoms with Crippen LogP contribution >= 0.6 is 15.9 Å². The van der Waals surface area contributed by atoms with Crippen LogP contribution in [-0.4, -0.2) is 47.8 Å². The predicted octanol–water partition coefficient (Wildman–Crippen LogP) is 1.98. The molecule has 1 aliphatic heterocycles. The highest BCUT2D eigenvalue weighted by atomic mass is 79.9. The highest BCUT2D eigenvalue weighted by Gasteiger charge is 2.29. The summed E-state index contributed by atoms with van der Waals surface area (Å²) in [7, 11) is 0. The molecule has 4 nitrogen and oxygen atoms in total. The first kappa shape index (κ1) is 14.5. The number of benzene rings is 1. The van der Waals surface area contributed by atoms with E-state index in [9.17, 15) is 9.90 Å². The second kappa shape index (κ2) is 6.03. The largest absolute Gasteiger partial charge is 0.394 e. The van der Waals surface area contributed by atoms with E-state index in [2.05, 4.69) is 15.9 Å². The number of rotatable bonds is 2. The number of ether oxygens (including phenoxy) is 1. The molecule has 0 spiro atoms. The van der Waals surface area contributed by atoms with Crippen LogP contribution in [0.1, 0.15) is 22.8 Å². The SMILES string of the molecule is Cc1cccc(C(=O)N2CC(C)OC(CO)C2)c1Br. The third kappa shape index (κ3) is 3.16. The van der Waals surface area contributed by atoms with Crippen LogP contribution in [0.25, 0.3) is 0 Å². The molecule has 1 fully saturated rings. The van der Waals surface area contributed by atoms with Crippen LogP contribution in [-0.2, 0) is 4.74 Å². The zero-order valence-corrected chi connectivity index (χ0v) is 12.7. The van der Waals surface area contributed by atoms with Crippen molar-refractivity contribution in [1.82, 2.24) is 4.90 Å². The van der Waals surface area contributed by atoms with Crippen molar-refractivity contribution in [3.8, 4) is 0 Å². The van der Waals surface area contributed by atoms with Crippen molar-refractivity contribution in [2.75, 3.05) is 19.7 Å². The molecule has 1 aromatic carbocycles. The maximum Gasteiger partial charge on any atom is 0.255 e. The van der Waals surface area contributed by atoms with Gasteiger partial charge in [-0.05, 0) is 41.4 Å². The molecule has 1 aromatic rings. The lowest BCUT2D eigenvalue weighted by molar-refractivity contribution is -0.0858. The molecule has 5 heteroatoms. The molecule has 1 N–H and O–H groups in total. The summed E-state index contributed by atoms with van der Waals surface area (Å²) in [4.78, 5) is 14.3. The molecule has 0 aromatic heterocycles. The number of hydrogen-bond donors (Lipinski definition) is 1. The van der Waals surface area contributed by atoms with Crippen LogP contribution in [0.3, 0.4) is 0 Å². The summed E-state index contributed by atoms with van der Waals surface area (Å²) < 4.78 is 6.38. The van der Waals surface area contributed by atoms with Crippen LogP contribution in [0, 0.1) is 6.92 Å². The van der Waals surface area contributed by atoms with Crippen molar-refractivity contribution in [3.63, 3.8) is 0 Å². The molecule has 0 bridgehead atoms. The van der Waals surface area contributed by atoms with Crippen molar-refractivity contribution in [2.45, 2.75) is 26.1 Å². The van der Waals surface area contributed by atoms with Crippen LogP contribution in [0.4, 0.5) is 0 Å². The minimum atomic E-state index is -0.295. The van der Waals surface area contributed by atoms with Gasteiger partial charge in [0.2, 0.25) is 0 Å². The predicted molar refractivity (Wildman–Crippen MR) is 76.2 cm³/mol. The third-order valence-electron chi connectivity index (χ3n) is 3.24. The maximum absolute atomic E-state index is 12.5. The van der Waals surface area contributed by atoms with Crippen LogP contribution in [0.5, 0.6) is 0 Å². The van der Waals surface area contributed by atoms with E-state index in [1.165, 1.54) is 0 Å². The Labute approximate surface area is 121 Å². The summed E-state index contributed by atoms with van der Waals surface area (Å²) in [6, 6.07) is 5.65. The summed E-state index contributed by atoms with van der Waals surface area (Å²) in [6.45, 7) is 4.78. The Kier molecular flexibility index (Phi) is 4.60. The van der Waals surface area contributed by atoms with E-state index in [0.717, 1.165) is 10.0 Å². The molecule has 2 atom stereocenters. The number of aryl methyl sites for hydroxylation is 1. The Morgan fingerprint density at radius 1 is 1.53 bits per heavy atom. The quantitative estimate of drug-likeness (QED) is 0.903. The first-order valence-electron chi connectivity index (χ1n) is 6.33. The van der Waals surface area contributed by atoms with Crippen molar-refractivity contribution < 1.29 is 14.6 Å². The first-order valence-corrected chi connectivity index (χ1v) is 7.13. The zero-order valence-electron chi connectivity index (χ0n) is 11.1. The Morgan fingerprint density at radius 3 is 2.95 bits per heavy atom. The van der Waals surface area contributed by atoms with Gasteiger partial charge in [0.05, 0.1) is 24.4 Å². The van der Waals surface area contributed by atoms with Crippen molar-refractivity contribution >= 4 is 21.8 Å². The van der Waals surface area contributed by atoms with E-state index in [1.54, 1.807) is 4.90 Å². The summed E-state index contributed by atoms with van der Waals surface area (Å²) in [5, 5.41) is 9.21. The molecule has 1 saturated heterocycles. The zero-order chi connectivity index (χ0) is 14.0. The summed E-state index contributed by atoms with van der Waals surface area (Å²) >= 11 is 3.47. The lowest BCUT2D eigenvalue weighted by Crippen LogP contribution is -2.50. The topological polar surface area (TPSA) is 49.8 Å². The molecule has 2 unspecified atom stereocenters. The van der Waals surface area contributed by atoms with E-state index < -0.39 is 0 Å². The average Bonchev–Trinajstić information content (AvgIpc) is 2.40. The van der Waals surface area contributed by atoms with Gasteiger partial charge in [0, 0.05) is 17.6 Å². The van der Waals surface area contributed by atoms with E-state index in [-0.39, 0.29) is 24.7 Å². The minimum absolute atomic E-state index is 0.0239. The van der Waals surface area contributed by atoms with Gasteiger partial charge in [-0.3, -0.25) is 4.79 Å². The van der Waals surface area contributed by atoms with Crippen LogP contribution < -0.4 is 0 Å². The third-order valence-corrected chi connectivity index (χ3v) is 4.29. The molecular formula is C14H18BrNO3. The van der Waals surface area contributed by atoms with Crippen molar-refractivity contribution in [3.05, 3.63) is 33.8 Å². The number of morpholine rings is 1. The van der Waals surface area contributed by atoms with Gasteiger partial charge < -0.3 is 14.7 Å². The van der Waals surface area contributed by atoms with Crippen molar-refractivity contribution in [1.29, 1.82) is 0 Å². The second-order valence-corrected chi connectivity index (χ2v) is 5.69. The van der Waals surface area contributed by atoms with E-state index in [1.807, 2.05) is 32.0 Å². The Morgan fingerprint density at radius 2 is 2.26 bits per heavy atom. The molecule has 2 rings (SSSR count). The molecule has 0 saturated carbocycles. The molecule has 0 aliphatic carbocycles. The van der Waals surface area contributed by atoms with Gasteiger partial charge in [0.25, 0.3) is 5.91 Å². The minimum Gasteiger partial charge on any atom is -0.394 e. The highest BCUT2D eigenvalue weighted by molar-refractivity contribution is 9.10. The number of aliphatic hydroxyl groups excluding tert-OH is 1. The average molecular weight is 328 g/mol. The number of amides is 1. The van der Waals surface area contributed by atoms with Gasteiger partial charge >= 0.3 is 0 Å². The number of halogens is 1. The Hall–Kier alpha value is -0.910. The number of nitrogens with zero attached hydrogens (tertiary/aromatic N) is 1. The van der Waals surface area contributed by atoms with Gasteiger partial charge in [-0.25, -0.2) is 0 Å². The van der Waals surface area contributed by atoms with E-state index in [4.69, 9.17) is 4.74 Å². The number of carbonyl (C=O) groups is 1. The monoisotopic (exact) mass is 327 g/mol. The standard InChI is InChI=1S/C14H18BrNO3/c1-9-4-3-5-12(13(9)15)14(18)16-6-10(2)19-11(7-16)8-17/h3-5,10-11,17H,6-8H2,1-2H3. The summed E-state index contributed by atoms with van der Waals surface area (Å²) in [5.74, 6) is -0.0239. The summed E-state index contributed by atoms with van der Waals surface area (Å²) in [5.41, 5.74) is 1.69. The molecular weight excluding hydrogens is 310 g/mol.